The van der Waals surface area contributed by atoms with E-state index in [9.17, 15) is 14.7 Å². The predicted octanol–water partition coefficient (Wildman–Crippen LogP) is 5.05. The summed E-state index contributed by atoms with van der Waals surface area (Å²) in [5, 5.41) is 27.7. The SMILES string of the molecule is CCCCCC(C)CCC/C=C(\C)C(=O)c1c(O)cc(CCC/C=C/C(O)O)oc1=O. The molecule has 0 fully saturated rings. The lowest BCUT2D eigenvalue weighted by Crippen LogP contribution is -2.16. The molecule has 1 aromatic heterocycles. The van der Waals surface area contributed by atoms with Gasteiger partial charge < -0.3 is 19.7 Å². The molecule has 0 aliphatic rings. The number of aliphatic hydroxyl groups is 2. The molecule has 0 radical (unpaired) electrons. The van der Waals surface area contributed by atoms with Crippen molar-refractivity contribution in [2.45, 2.75) is 91.3 Å². The molecule has 31 heavy (non-hydrogen) atoms. The van der Waals surface area contributed by atoms with Crippen LogP contribution in [0.5, 0.6) is 5.75 Å². The third kappa shape index (κ3) is 10.6. The molecule has 0 aromatic carbocycles. The van der Waals surface area contributed by atoms with Gasteiger partial charge in [0.15, 0.2) is 12.1 Å². The van der Waals surface area contributed by atoms with Crippen LogP contribution in [0.15, 0.2) is 39.1 Å². The van der Waals surface area contributed by atoms with Crippen LogP contribution in [-0.4, -0.2) is 27.4 Å². The molecule has 1 atom stereocenters. The third-order valence-corrected chi connectivity index (χ3v) is 5.32. The summed E-state index contributed by atoms with van der Waals surface area (Å²) in [6.07, 6.45) is 12.6. The van der Waals surface area contributed by atoms with Gasteiger partial charge in [0.2, 0.25) is 0 Å². The van der Waals surface area contributed by atoms with Crippen molar-refractivity contribution in [2.75, 3.05) is 0 Å². The second kappa shape index (κ2) is 14.8. The van der Waals surface area contributed by atoms with Crippen LogP contribution < -0.4 is 5.63 Å². The number of carbonyl (C=O) groups is 1. The average Bonchev–Trinajstić information content (AvgIpc) is 2.70. The van der Waals surface area contributed by atoms with Gasteiger partial charge in [-0.15, -0.1) is 0 Å². The summed E-state index contributed by atoms with van der Waals surface area (Å²) in [4.78, 5) is 24.9. The Hall–Kier alpha value is -2.18. The minimum absolute atomic E-state index is 0.288. The molecule has 1 aromatic rings. The monoisotopic (exact) mass is 434 g/mol. The second-order valence-corrected chi connectivity index (χ2v) is 8.24. The van der Waals surface area contributed by atoms with E-state index in [0.29, 0.717) is 30.8 Å². The van der Waals surface area contributed by atoms with E-state index in [-0.39, 0.29) is 17.1 Å². The van der Waals surface area contributed by atoms with Crippen molar-refractivity contribution in [3.05, 3.63) is 51.6 Å². The van der Waals surface area contributed by atoms with Gasteiger partial charge in [-0.25, -0.2) is 4.79 Å². The molecule has 0 spiro atoms. The predicted molar refractivity (Wildman–Crippen MR) is 122 cm³/mol. The molecule has 1 rings (SSSR count). The summed E-state index contributed by atoms with van der Waals surface area (Å²) in [6.45, 7) is 6.11. The first-order chi connectivity index (χ1) is 14.8. The van der Waals surface area contributed by atoms with Crippen molar-refractivity contribution in [2.24, 2.45) is 5.92 Å². The fraction of sp³-hybridized carbons (Fsp3) is 0.600. The lowest BCUT2D eigenvalue weighted by molar-refractivity contribution is 0.00215. The highest BCUT2D eigenvalue weighted by Crippen LogP contribution is 2.21. The molecular weight excluding hydrogens is 396 g/mol. The number of allylic oxidation sites excluding steroid dienone is 3. The van der Waals surface area contributed by atoms with E-state index in [0.717, 1.165) is 19.3 Å². The van der Waals surface area contributed by atoms with Gasteiger partial charge in [0.1, 0.15) is 17.1 Å². The normalized spacial score (nSPS) is 13.3. The number of unbranched alkanes of at least 4 members (excludes halogenated alkanes) is 4. The molecule has 1 unspecified atom stereocenters. The maximum absolute atomic E-state index is 12.6. The fourth-order valence-electron chi connectivity index (χ4n) is 3.43. The maximum Gasteiger partial charge on any atom is 0.351 e. The van der Waals surface area contributed by atoms with E-state index in [1.54, 1.807) is 13.0 Å². The zero-order valence-electron chi connectivity index (χ0n) is 19.1. The van der Waals surface area contributed by atoms with Crippen LogP contribution in [0.1, 0.15) is 94.7 Å². The van der Waals surface area contributed by atoms with Crippen molar-refractivity contribution in [1.82, 2.24) is 0 Å². The highest BCUT2D eigenvalue weighted by molar-refractivity contribution is 6.09. The van der Waals surface area contributed by atoms with Crippen LogP contribution in [-0.2, 0) is 6.42 Å². The number of rotatable bonds is 15. The van der Waals surface area contributed by atoms with Crippen LogP contribution in [0.4, 0.5) is 0 Å². The number of carbonyl (C=O) groups excluding carboxylic acids is 1. The Labute approximate surface area is 185 Å². The van der Waals surface area contributed by atoms with Gasteiger partial charge in [0, 0.05) is 12.5 Å². The van der Waals surface area contributed by atoms with Crippen LogP contribution in [0.3, 0.4) is 0 Å². The van der Waals surface area contributed by atoms with Gasteiger partial charge in [-0.2, -0.15) is 0 Å². The van der Waals surface area contributed by atoms with Crippen molar-refractivity contribution >= 4 is 5.78 Å². The number of ketones is 1. The molecule has 6 heteroatoms. The first kappa shape index (κ1) is 26.9. The minimum atomic E-state index is -1.49. The third-order valence-electron chi connectivity index (χ3n) is 5.32. The van der Waals surface area contributed by atoms with E-state index in [1.807, 2.05) is 6.08 Å². The van der Waals surface area contributed by atoms with E-state index in [2.05, 4.69) is 13.8 Å². The summed E-state index contributed by atoms with van der Waals surface area (Å²) in [7, 11) is 0. The van der Waals surface area contributed by atoms with Gasteiger partial charge in [-0.3, -0.25) is 4.79 Å². The maximum atomic E-state index is 12.6. The van der Waals surface area contributed by atoms with Crippen LogP contribution in [0, 0.1) is 5.92 Å². The number of aryl methyl sites for hydroxylation is 1. The first-order valence-corrected chi connectivity index (χ1v) is 11.4. The zero-order valence-corrected chi connectivity index (χ0v) is 19.1. The summed E-state index contributed by atoms with van der Waals surface area (Å²) >= 11 is 0. The molecule has 0 bridgehead atoms. The zero-order chi connectivity index (χ0) is 23.2. The molecule has 0 amide bonds. The molecule has 6 nitrogen and oxygen atoms in total. The Balaban J connectivity index is 2.61. The Morgan fingerprint density at radius 3 is 2.48 bits per heavy atom. The molecule has 1 heterocycles. The van der Waals surface area contributed by atoms with Gasteiger partial charge in [-0.1, -0.05) is 58.1 Å². The van der Waals surface area contributed by atoms with E-state index in [4.69, 9.17) is 14.6 Å². The topological polar surface area (TPSA) is 108 Å². The molecule has 3 N–H and O–H groups in total. The summed E-state index contributed by atoms with van der Waals surface area (Å²) in [5.41, 5.74) is -0.728. The molecule has 0 saturated heterocycles. The van der Waals surface area contributed by atoms with Crippen molar-refractivity contribution in [3.8, 4) is 5.75 Å². The Bertz CT molecular complexity index is 788. The summed E-state index contributed by atoms with van der Waals surface area (Å²) < 4.78 is 5.21. The minimum Gasteiger partial charge on any atom is -0.507 e. The smallest absolute Gasteiger partial charge is 0.351 e. The average molecular weight is 435 g/mol. The standard InChI is InChI=1S/C25H38O6/c1-4-5-7-12-18(2)13-10-11-14-19(3)24(29)23-21(26)17-20(31-25(23)30)15-8-6-9-16-22(27)28/h9,14,16-18,22,26-28H,4-8,10-13,15H2,1-3H3/b16-9+,19-14+. The number of aliphatic hydroxyl groups excluding tert-OH is 1. The highest BCUT2D eigenvalue weighted by atomic mass is 16.5. The Morgan fingerprint density at radius 2 is 1.84 bits per heavy atom. The van der Waals surface area contributed by atoms with Crippen LogP contribution in [0.25, 0.3) is 0 Å². The number of hydrogen-bond acceptors (Lipinski definition) is 6. The quantitative estimate of drug-likeness (QED) is 0.117. The van der Waals surface area contributed by atoms with E-state index >= 15 is 0 Å². The highest BCUT2D eigenvalue weighted by Gasteiger charge is 2.20. The van der Waals surface area contributed by atoms with Crippen LogP contribution >= 0.6 is 0 Å². The lowest BCUT2D eigenvalue weighted by Gasteiger charge is -2.10. The number of aromatic hydroxyl groups is 1. The Kier molecular flexibility index (Phi) is 12.8. The van der Waals surface area contributed by atoms with Gasteiger partial charge >= 0.3 is 5.63 Å². The first-order valence-electron chi connectivity index (χ1n) is 11.4. The van der Waals surface area contributed by atoms with E-state index < -0.39 is 17.7 Å². The van der Waals surface area contributed by atoms with Crippen molar-refractivity contribution in [1.29, 1.82) is 0 Å². The molecular formula is C25H38O6. The van der Waals surface area contributed by atoms with Gasteiger partial charge in [-0.05, 0) is 50.2 Å². The Morgan fingerprint density at radius 1 is 1.13 bits per heavy atom. The van der Waals surface area contributed by atoms with Gasteiger partial charge in [0.05, 0.1) is 0 Å². The van der Waals surface area contributed by atoms with Gasteiger partial charge in [0.25, 0.3) is 0 Å². The second-order valence-electron chi connectivity index (χ2n) is 8.24. The molecule has 0 saturated carbocycles. The number of Topliss-reactive ketones (excluding diaryl/α,β-unsaturated/α-hetero) is 1. The largest absolute Gasteiger partial charge is 0.507 e. The summed E-state index contributed by atoms with van der Waals surface area (Å²) in [5.74, 6) is 0.0861. The van der Waals surface area contributed by atoms with Crippen LogP contribution in [0.2, 0.25) is 0 Å². The summed E-state index contributed by atoms with van der Waals surface area (Å²) in [6, 6.07) is 1.31. The van der Waals surface area contributed by atoms with Crippen molar-refractivity contribution < 1.29 is 24.5 Å². The molecule has 0 aliphatic heterocycles. The van der Waals surface area contributed by atoms with E-state index in [1.165, 1.54) is 37.8 Å². The fourth-order valence-corrected chi connectivity index (χ4v) is 3.43. The van der Waals surface area contributed by atoms with Crippen molar-refractivity contribution in [3.63, 3.8) is 0 Å². The lowest BCUT2D eigenvalue weighted by atomic mass is 9.96. The molecule has 0 aliphatic carbocycles. The molecule has 174 valence electrons. The number of hydrogen-bond donors (Lipinski definition) is 3.